The number of hydrogen-bond acceptors (Lipinski definition) is 4. The first-order valence-electron chi connectivity index (χ1n) is 8.99. The molecule has 8 heteroatoms. The van der Waals surface area contributed by atoms with E-state index >= 15 is 0 Å². The number of nitrogens with one attached hydrogen (secondary N) is 2. The largest absolute Gasteiger partial charge is 0.352 e. The molecule has 0 saturated carbocycles. The molecule has 0 spiro atoms. The molecule has 2 N–H and O–H groups in total. The van der Waals surface area contributed by atoms with Crippen LogP contribution in [-0.4, -0.2) is 51.4 Å². The van der Waals surface area contributed by atoms with Crippen molar-refractivity contribution in [3.05, 3.63) is 29.3 Å². The quantitative estimate of drug-likeness (QED) is 0.731. The highest BCUT2D eigenvalue weighted by Crippen LogP contribution is 2.21. The monoisotopic (exact) mass is 403 g/mol. The number of halogens is 1. The Kier molecular flexibility index (Phi) is 9.03. The van der Waals surface area contributed by atoms with Crippen LogP contribution in [-0.2, 0) is 10.0 Å². The lowest BCUT2D eigenvalue weighted by atomic mass is 9.99. The smallest absolute Gasteiger partial charge is 0.251 e. The summed E-state index contributed by atoms with van der Waals surface area (Å²) in [5.41, 5.74) is 1.04. The van der Waals surface area contributed by atoms with Crippen LogP contribution in [0.15, 0.2) is 23.1 Å². The average Bonchev–Trinajstić information content (AvgIpc) is 2.61. The van der Waals surface area contributed by atoms with Gasteiger partial charge in [0.2, 0.25) is 10.0 Å². The lowest BCUT2D eigenvalue weighted by Gasteiger charge is -2.23. The van der Waals surface area contributed by atoms with E-state index in [2.05, 4.69) is 10.6 Å². The average molecular weight is 404 g/mol. The highest BCUT2D eigenvalue weighted by Gasteiger charge is 2.25. The van der Waals surface area contributed by atoms with Crippen molar-refractivity contribution in [3.63, 3.8) is 0 Å². The van der Waals surface area contributed by atoms with Gasteiger partial charge in [0.15, 0.2) is 0 Å². The van der Waals surface area contributed by atoms with E-state index in [1.807, 2.05) is 13.8 Å². The van der Waals surface area contributed by atoms with Gasteiger partial charge in [-0.3, -0.25) is 4.79 Å². The lowest BCUT2D eigenvalue weighted by molar-refractivity contribution is 0.0944. The third kappa shape index (κ3) is 5.42. The summed E-state index contributed by atoms with van der Waals surface area (Å²) in [7, 11) is -3.58. The molecule has 1 aromatic carbocycles. The number of amides is 1. The van der Waals surface area contributed by atoms with Crippen LogP contribution in [0, 0.1) is 12.8 Å². The van der Waals surface area contributed by atoms with Crippen molar-refractivity contribution >= 4 is 28.3 Å². The van der Waals surface area contributed by atoms with E-state index in [4.69, 9.17) is 0 Å². The number of hydrogen-bond donors (Lipinski definition) is 2. The van der Waals surface area contributed by atoms with Gasteiger partial charge < -0.3 is 10.6 Å². The second-order valence-corrected chi connectivity index (χ2v) is 8.40. The molecule has 0 radical (unpaired) electrons. The first-order chi connectivity index (χ1) is 11.9. The fourth-order valence-corrected chi connectivity index (χ4v) is 4.87. The van der Waals surface area contributed by atoms with Crippen molar-refractivity contribution in [2.45, 2.75) is 38.5 Å². The summed E-state index contributed by atoms with van der Waals surface area (Å²) >= 11 is 0. The number of rotatable bonds is 7. The molecule has 1 heterocycles. The molecule has 1 aliphatic rings. The molecule has 1 aromatic rings. The summed E-state index contributed by atoms with van der Waals surface area (Å²) in [6.45, 7) is 8.75. The van der Waals surface area contributed by atoms with E-state index in [1.165, 1.54) is 10.4 Å². The SMILES string of the molecule is CCN(CC)S(=O)(=O)c1cc(C(=O)NCC2CCCNC2)ccc1C.Cl. The van der Waals surface area contributed by atoms with Gasteiger partial charge in [0, 0.05) is 25.2 Å². The Morgan fingerprint density at radius 3 is 2.58 bits per heavy atom. The van der Waals surface area contributed by atoms with Gasteiger partial charge in [0.25, 0.3) is 5.91 Å². The fraction of sp³-hybridized carbons (Fsp3) is 0.611. The minimum absolute atomic E-state index is 0. The lowest BCUT2D eigenvalue weighted by Crippen LogP contribution is -2.38. The van der Waals surface area contributed by atoms with Crippen LogP contribution < -0.4 is 10.6 Å². The van der Waals surface area contributed by atoms with Crippen LogP contribution in [0.4, 0.5) is 0 Å². The molecule has 1 unspecified atom stereocenters. The van der Waals surface area contributed by atoms with Gasteiger partial charge in [0.05, 0.1) is 4.90 Å². The van der Waals surface area contributed by atoms with Gasteiger partial charge >= 0.3 is 0 Å². The van der Waals surface area contributed by atoms with E-state index in [0.29, 0.717) is 36.7 Å². The molecule has 1 saturated heterocycles. The molecule has 6 nitrogen and oxygen atoms in total. The Morgan fingerprint density at radius 2 is 2.00 bits per heavy atom. The van der Waals surface area contributed by atoms with Crippen molar-refractivity contribution in [3.8, 4) is 0 Å². The Balaban J connectivity index is 0.00000338. The number of carbonyl (C=O) groups is 1. The van der Waals surface area contributed by atoms with Crippen molar-refractivity contribution in [1.82, 2.24) is 14.9 Å². The van der Waals surface area contributed by atoms with E-state index in [9.17, 15) is 13.2 Å². The van der Waals surface area contributed by atoms with Crippen molar-refractivity contribution < 1.29 is 13.2 Å². The summed E-state index contributed by atoms with van der Waals surface area (Å²) in [5.74, 6) is 0.212. The predicted octanol–water partition coefficient (Wildman–Crippen LogP) is 2.18. The van der Waals surface area contributed by atoms with Crippen LogP contribution in [0.3, 0.4) is 0 Å². The van der Waals surface area contributed by atoms with E-state index < -0.39 is 10.0 Å². The van der Waals surface area contributed by atoms with Gasteiger partial charge in [-0.2, -0.15) is 4.31 Å². The molecule has 26 heavy (non-hydrogen) atoms. The van der Waals surface area contributed by atoms with Gasteiger partial charge in [-0.05, 0) is 56.5 Å². The number of piperidine rings is 1. The van der Waals surface area contributed by atoms with E-state index in [0.717, 1.165) is 25.9 Å². The minimum Gasteiger partial charge on any atom is -0.352 e. The molecule has 2 rings (SSSR count). The number of sulfonamides is 1. The molecular formula is C18H30ClN3O3S. The Labute approximate surface area is 163 Å². The third-order valence-corrected chi connectivity index (χ3v) is 6.92. The zero-order chi connectivity index (χ0) is 18.4. The highest BCUT2D eigenvalue weighted by molar-refractivity contribution is 7.89. The van der Waals surface area contributed by atoms with Gasteiger partial charge in [-0.1, -0.05) is 19.9 Å². The summed E-state index contributed by atoms with van der Waals surface area (Å²) in [5, 5.41) is 6.26. The zero-order valence-corrected chi connectivity index (χ0v) is 17.4. The van der Waals surface area contributed by atoms with Crippen molar-refractivity contribution in [2.24, 2.45) is 5.92 Å². The number of nitrogens with zero attached hydrogens (tertiary/aromatic N) is 1. The molecule has 1 amide bonds. The second kappa shape index (κ2) is 10.3. The second-order valence-electron chi connectivity index (χ2n) is 6.49. The Bertz CT molecular complexity index is 700. The van der Waals surface area contributed by atoms with Crippen LogP contribution in [0.5, 0.6) is 0 Å². The Morgan fingerprint density at radius 1 is 1.31 bits per heavy atom. The van der Waals surface area contributed by atoms with E-state index in [1.54, 1.807) is 19.1 Å². The standard InChI is InChI=1S/C18H29N3O3S.ClH/c1-4-21(5-2)25(23,24)17-11-16(9-8-14(17)3)18(22)20-13-15-7-6-10-19-12-15;/h8-9,11,15,19H,4-7,10,12-13H2,1-3H3,(H,20,22);1H. The van der Waals surface area contributed by atoms with Gasteiger partial charge in [-0.25, -0.2) is 8.42 Å². The Hall–Kier alpha value is -1.15. The first kappa shape index (κ1) is 22.9. The van der Waals surface area contributed by atoms with Crippen LogP contribution in [0.2, 0.25) is 0 Å². The van der Waals surface area contributed by atoms with E-state index in [-0.39, 0.29) is 23.2 Å². The molecular weight excluding hydrogens is 374 g/mol. The maximum Gasteiger partial charge on any atom is 0.251 e. The molecule has 148 valence electrons. The maximum atomic E-state index is 12.8. The molecule has 0 aliphatic carbocycles. The fourth-order valence-electron chi connectivity index (χ4n) is 3.16. The zero-order valence-electron chi connectivity index (χ0n) is 15.7. The summed E-state index contributed by atoms with van der Waals surface area (Å²) < 4.78 is 27.0. The summed E-state index contributed by atoms with van der Waals surface area (Å²) in [4.78, 5) is 12.7. The van der Waals surface area contributed by atoms with Gasteiger partial charge in [0.1, 0.15) is 0 Å². The number of carbonyl (C=O) groups excluding carboxylic acids is 1. The first-order valence-corrected chi connectivity index (χ1v) is 10.4. The summed E-state index contributed by atoms with van der Waals surface area (Å²) in [6.07, 6.45) is 2.22. The van der Waals surface area contributed by atoms with Crippen molar-refractivity contribution in [1.29, 1.82) is 0 Å². The predicted molar refractivity (Wildman–Crippen MR) is 106 cm³/mol. The topological polar surface area (TPSA) is 78.5 Å². The maximum absolute atomic E-state index is 12.8. The normalized spacial score (nSPS) is 17.6. The number of aryl methyl sites for hydroxylation is 1. The van der Waals surface area contributed by atoms with Crippen LogP contribution in [0.25, 0.3) is 0 Å². The highest BCUT2D eigenvalue weighted by atomic mass is 35.5. The molecule has 0 bridgehead atoms. The molecule has 1 aliphatic heterocycles. The third-order valence-electron chi connectivity index (χ3n) is 4.72. The number of benzene rings is 1. The van der Waals surface area contributed by atoms with Gasteiger partial charge in [-0.15, -0.1) is 12.4 Å². The molecule has 1 fully saturated rings. The molecule has 1 atom stereocenters. The minimum atomic E-state index is -3.58. The summed E-state index contributed by atoms with van der Waals surface area (Å²) in [6, 6.07) is 4.88. The van der Waals surface area contributed by atoms with Crippen LogP contribution in [0.1, 0.15) is 42.6 Å². The van der Waals surface area contributed by atoms with Crippen LogP contribution >= 0.6 is 12.4 Å². The molecule has 0 aromatic heterocycles. The van der Waals surface area contributed by atoms with Crippen molar-refractivity contribution in [2.75, 3.05) is 32.7 Å².